The highest BCUT2D eigenvalue weighted by Gasteiger charge is 1.99. The number of rotatable bonds is 1. The second-order valence-electron chi connectivity index (χ2n) is 1.20. The minimum atomic E-state index is -1.02. The number of aromatic carboxylic acids is 1. The molecule has 0 spiro atoms. The van der Waals surface area contributed by atoms with Crippen molar-refractivity contribution < 1.29 is 11.3 Å². The van der Waals surface area contributed by atoms with Crippen LogP contribution in [0, 0.1) is 0 Å². The van der Waals surface area contributed by atoms with Gasteiger partial charge in [0.1, 0.15) is 4.88 Å². The fourth-order valence-corrected chi connectivity index (χ4v) is 0.867. The minimum absolute atomic E-state index is 0.0903. The van der Waals surface area contributed by atoms with Crippen LogP contribution in [0.25, 0.3) is 0 Å². The molecule has 1 heterocycles. The molecule has 0 unspecified atom stereocenters. The van der Waals surface area contributed by atoms with Crippen LogP contribution in [0.15, 0.2) is 17.5 Å². The maximum absolute atomic E-state index is 10.2. The van der Waals surface area contributed by atoms with Gasteiger partial charge in [-0.25, -0.2) is 4.79 Å². The maximum atomic E-state index is 10.2. The van der Waals surface area contributed by atoms with E-state index in [4.69, 9.17) is 6.48 Å². The molecular weight excluding hydrogens is 124 g/mol. The van der Waals surface area contributed by atoms with Crippen LogP contribution in [0.1, 0.15) is 11.0 Å². The molecule has 3 heteroatoms. The van der Waals surface area contributed by atoms with E-state index in [-0.39, 0.29) is 10.9 Å². The van der Waals surface area contributed by atoms with Gasteiger partial charge in [-0.3, -0.25) is 0 Å². The molecule has 2 nitrogen and oxygen atoms in total. The quantitative estimate of drug-likeness (QED) is 0.623. The van der Waals surface area contributed by atoms with Gasteiger partial charge in [-0.15, -0.1) is 11.3 Å². The number of carboxylic acid groups (broad SMARTS) is 1. The molecule has 1 N–H and O–H groups in total. The molecule has 0 bridgehead atoms. The normalized spacial score (nSPS) is 10.8. The molecule has 0 aliphatic rings. The number of carbonyl (C=O) groups is 1. The fraction of sp³-hybridized carbons (Fsp3) is 0. The molecular formula is C5H4O2S. The zero-order valence-electron chi connectivity index (χ0n) is 4.92. The smallest absolute Gasteiger partial charge is 0.345 e. The molecule has 0 aliphatic carbocycles. The largest absolute Gasteiger partial charge is 0.477 e. The molecule has 0 atom stereocenters. The second-order valence-corrected chi connectivity index (χ2v) is 2.12. The zero-order chi connectivity index (χ0) is 6.85. The highest BCUT2D eigenvalue weighted by molar-refractivity contribution is 7.11. The summed E-state index contributed by atoms with van der Waals surface area (Å²) in [5.74, 6) is -1.02. The van der Waals surface area contributed by atoms with E-state index in [0.29, 0.717) is 0 Å². The van der Waals surface area contributed by atoms with Crippen LogP contribution >= 0.6 is 11.3 Å². The summed E-state index contributed by atoms with van der Waals surface area (Å²) in [6.07, 6.45) is 0. The number of carboxylic acids is 1. The summed E-state index contributed by atoms with van der Waals surface area (Å²) in [4.78, 5) is 10.3. The second kappa shape index (κ2) is 1.96. The van der Waals surface area contributed by atoms with Crippen LogP contribution in [0.5, 0.6) is 0 Å². The highest BCUT2D eigenvalue weighted by atomic mass is 32.1. The molecule has 0 aromatic carbocycles. The van der Waals surface area contributed by atoms with E-state index in [0.717, 1.165) is 11.3 Å². The van der Waals surface area contributed by atoms with Gasteiger partial charge in [-0.2, -0.15) is 0 Å². The van der Waals surface area contributed by atoms with Gasteiger partial charge in [-0.05, 0) is 11.4 Å². The van der Waals surface area contributed by atoms with Crippen LogP contribution < -0.4 is 0 Å². The van der Waals surface area contributed by atoms with E-state index in [1.807, 2.05) is 0 Å². The SMILES string of the molecule is [2H]c1ccsc1C(=O)O. The minimum Gasteiger partial charge on any atom is -0.477 e. The van der Waals surface area contributed by atoms with Gasteiger partial charge in [0.2, 0.25) is 0 Å². The van der Waals surface area contributed by atoms with Crippen molar-refractivity contribution in [2.24, 2.45) is 0 Å². The van der Waals surface area contributed by atoms with Gasteiger partial charge in [0, 0.05) is 0 Å². The summed E-state index contributed by atoms with van der Waals surface area (Å²) in [6, 6.07) is 1.56. The molecule has 1 aromatic rings. The Bertz CT molecular complexity index is 231. The lowest BCUT2D eigenvalue weighted by Crippen LogP contribution is -1.89. The molecule has 42 valence electrons. The third-order valence-corrected chi connectivity index (χ3v) is 1.46. The summed E-state index contributed by atoms with van der Waals surface area (Å²) >= 11 is 1.07. The fourth-order valence-electron chi connectivity index (χ4n) is 0.358. The molecule has 1 rings (SSSR count). The Labute approximate surface area is 51.8 Å². The van der Waals surface area contributed by atoms with Crippen molar-refractivity contribution >= 4 is 17.3 Å². The summed E-state index contributed by atoms with van der Waals surface area (Å²) in [7, 11) is 0. The topological polar surface area (TPSA) is 37.3 Å². The molecule has 1 aromatic heterocycles. The van der Waals surface area contributed by atoms with Crippen LogP contribution in [0.4, 0.5) is 0 Å². The highest BCUT2D eigenvalue weighted by Crippen LogP contribution is 2.06. The summed E-state index contributed by atoms with van der Waals surface area (Å²) in [5.41, 5.74) is 0. The monoisotopic (exact) mass is 129 g/mol. The number of thiophene rings is 1. The van der Waals surface area contributed by atoms with Gasteiger partial charge >= 0.3 is 5.97 Å². The van der Waals surface area contributed by atoms with Crippen molar-refractivity contribution in [3.63, 3.8) is 0 Å². The van der Waals surface area contributed by atoms with Gasteiger partial charge in [-0.1, -0.05) is 6.07 Å². The van der Waals surface area contributed by atoms with Crippen molar-refractivity contribution in [3.05, 3.63) is 22.4 Å². The molecule has 0 fully saturated rings. The number of hydrogen-bond donors (Lipinski definition) is 1. The molecule has 0 saturated heterocycles. The van der Waals surface area contributed by atoms with Crippen molar-refractivity contribution in [1.29, 1.82) is 0 Å². The lowest BCUT2D eigenvalue weighted by molar-refractivity contribution is 0.0702. The lowest BCUT2D eigenvalue weighted by Gasteiger charge is -1.78. The van der Waals surface area contributed by atoms with Crippen molar-refractivity contribution in [3.8, 4) is 0 Å². The van der Waals surface area contributed by atoms with E-state index in [1.54, 1.807) is 5.38 Å². The van der Waals surface area contributed by atoms with Gasteiger partial charge in [0.05, 0.1) is 1.37 Å². The maximum Gasteiger partial charge on any atom is 0.345 e. The Morgan fingerprint density at radius 2 is 2.75 bits per heavy atom. The first-order valence-electron chi connectivity index (χ1n) is 2.49. The van der Waals surface area contributed by atoms with E-state index in [1.165, 1.54) is 6.07 Å². The van der Waals surface area contributed by atoms with Gasteiger partial charge in [0.25, 0.3) is 0 Å². The van der Waals surface area contributed by atoms with E-state index >= 15 is 0 Å². The van der Waals surface area contributed by atoms with E-state index in [2.05, 4.69) is 0 Å². The standard InChI is InChI=1S/C5H4O2S/c6-5(7)4-2-1-3-8-4/h1-3H,(H,6,7)/i2D. The average molecular weight is 129 g/mol. The zero-order valence-corrected chi connectivity index (χ0v) is 4.73. The first-order chi connectivity index (χ1) is 4.22. The Hall–Kier alpha value is -0.830. The molecule has 0 radical (unpaired) electrons. The number of hydrogen-bond acceptors (Lipinski definition) is 2. The van der Waals surface area contributed by atoms with Crippen LogP contribution in [-0.2, 0) is 0 Å². The first-order valence-corrected chi connectivity index (χ1v) is 2.87. The van der Waals surface area contributed by atoms with E-state index in [9.17, 15) is 4.79 Å². The molecule has 8 heavy (non-hydrogen) atoms. The van der Waals surface area contributed by atoms with Gasteiger partial charge in [0.15, 0.2) is 0 Å². The molecule has 0 amide bonds. The summed E-state index contributed by atoms with van der Waals surface area (Å²) in [6.45, 7) is 0. The van der Waals surface area contributed by atoms with Crippen LogP contribution in [0.2, 0.25) is 0 Å². The van der Waals surface area contributed by atoms with Crippen LogP contribution in [0.3, 0.4) is 0 Å². The third kappa shape index (κ3) is 0.869. The van der Waals surface area contributed by atoms with Crippen LogP contribution in [-0.4, -0.2) is 11.1 Å². The van der Waals surface area contributed by atoms with E-state index < -0.39 is 5.97 Å². The lowest BCUT2D eigenvalue weighted by atomic mass is 10.5. The Morgan fingerprint density at radius 1 is 2.00 bits per heavy atom. The predicted molar refractivity (Wildman–Crippen MR) is 31.3 cm³/mol. The Kier molecular flexibility index (Phi) is 1.00. The molecule has 0 saturated carbocycles. The summed E-state index contributed by atoms with van der Waals surface area (Å²) in [5, 5.41) is 9.93. The van der Waals surface area contributed by atoms with Gasteiger partial charge < -0.3 is 5.11 Å². The summed E-state index contributed by atoms with van der Waals surface area (Å²) < 4.78 is 7.01. The Morgan fingerprint density at radius 3 is 3.00 bits per heavy atom. The predicted octanol–water partition coefficient (Wildman–Crippen LogP) is 1.45. The Balaban J connectivity index is 3.08. The van der Waals surface area contributed by atoms with Crippen molar-refractivity contribution in [2.45, 2.75) is 0 Å². The van der Waals surface area contributed by atoms with Crippen molar-refractivity contribution in [1.82, 2.24) is 0 Å². The average Bonchev–Trinajstić information content (AvgIpc) is 2.13. The molecule has 0 aliphatic heterocycles. The first kappa shape index (κ1) is 4.09. The van der Waals surface area contributed by atoms with Crippen molar-refractivity contribution in [2.75, 3.05) is 0 Å². The third-order valence-electron chi connectivity index (χ3n) is 0.663.